The quantitative estimate of drug-likeness (QED) is 0.0950. The van der Waals surface area contributed by atoms with Crippen molar-refractivity contribution in [3.8, 4) is 16.9 Å². The molecule has 0 aliphatic heterocycles. The van der Waals surface area contributed by atoms with E-state index in [1.807, 2.05) is 26.0 Å². The fraction of sp³-hybridized carbons (Fsp3) is 0.135. The first kappa shape index (κ1) is 35.0. The second-order valence-electron chi connectivity index (χ2n) is 11.8. The first-order valence-electron chi connectivity index (χ1n) is 15.6. The summed E-state index contributed by atoms with van der Waals surface area (Å²) in [5, 5.41) is 0. The van der Waals surface area contributed by atoms with E-state index >= 15 is 0 Å². The minimum atomic E-state index is -5.05. The van der Waals surface area contributed by atoms with E-state index in [9.17, 15) is 31.0 Å². The average Bonchev–Trinajstić information content (AvgIpc) is 3.12. The van der Waals surface area contributed by atoms with Crippen molar-refractivity contribution in [2.75, 3.05) is 0 Å². The summed E-state index contributed by atoms with van der Waals surface area (Å²) in [7, 11) is -9.41. The maximum atomic E-state index is 13.4. The van der Waals surface area contributed by atoms with Crippen LogP contribution in [0, 0.1) is 5.53 Å². The molecule has 0 amide bonds. The zero-order valence-corrected chi connectivity index (χ0v) is 28.8. The third-order valence-corrected chi connectivity index (χ3v) is 11.6. The van der Waals surface area contributed by atoms with Gasteiger partial charge in [-0.3, -0.25) is 9.59 Å². The molecule has 0 saturated carbocycles. The lowest BCUT2D eigenvalue weighted by Gasteiger charge is -2.33. The topological polar surface area (TPSA) is 209 Å². The van der Waals surface area contributed by atoms with Crippen LogP contribution in [0.2, 0.25) is 0 Å². The molecular weight excluding hydrogens is 693 g/mol. The van der Waals surface area contributed by atoms with E-state index in [1.165, 1.54) is 48.6 Å². The van der Waals surface area contributed by atoms with Crippen LogP contribution in [0.3, 0.4) is 0 Å². The van der Waals surface area contributed by atoms with Gasteiger partial charge in [-0.15, -0.1) is 0 Å². The Kier molecular flexibility index (Phi) is 8.98. The molecule has 0 unspecified atom stereocenters. The van der Waals surface area contributed by atoms with E-state index in [2.05, 4.69) is 9.58 Å². The summed E-state index contributed by atoms with van der Waals surface area (Å²) in [5.74, 6) is -1.22. The molecule has 0 spiro atoms. The SMILES string of the molecule is CCC(CC)(c1ccc(OS(=O)(=O)c2cccc3c2C=CC(=[N+]=N)C3=O)cc1)c1ccc(-c2ccc3c(c2S(=O)(=O)[O-])C=CC(=[N+]=[N-])C3=O)cc1. The van der Waals surface area contributed by atoms with Crippen molar-refractivity contribution in [3.63, 3.8) is 0 Å². The van der Waals surface area contributed by atoms with Crippen molar-refractivity contribution in [3.05, 3.63) is 130 Å². The molecular formula is C37H28N4O8S2. The van der Waals surface area contributed by atoms with E-state index < -0.39 is 42.1 Å². The number of carbonyl (C=O) groups excluding carboxylic acids is 2. The van der Waals surface area contributed by atoms with Crippen molar-refractivity contribution >= 4 is 55.4 Å². The maximum Gasteiger partial charge on any atom is 0.412 e. The van der Waals surface area contributed by atoms with E-state index in [-0.39, 0.29) is 49.9 Å². The predicted molar refractivity (Wildman–Crippen MR) is 185 cm³/mol. The summed E-state index contributed by atoms with van der Waals surface area (Å²) in [6.45, 7) is 4.02. The number of benzene rings is 4. The Morgan fingerprint density at radius 3 is 1.86 bits per heavy atom. The number of hydrogen-bond acceptors (Lipinski definition) is 9. The highest BCUT2D eigenvalue weighted by Crippen LogP contribution is 2.42. The lowest BCUT2D eigenvalue weighted by molar-refractivity contribution is -0.117. The standard InChI is InChI=1S/C37H28N4O8S2/c1-3-37(4-2,23-10-8-22(9-11-23)26-16-17-29-30(36(26)50(44,45)46)19-21-32(41-39)35(29)43)24-12-14-25(15-13-24)49-51(47,48)33-7-5-6-28-27(33)18-20-31(40-38)34(28)42/h5-21,38H,3-4H2,1-2H3. The van der Waals surface area contributed by atoms with Gasteiger partial charge in [-0.1, -0.05) is 68.4 Å². The van der Waals surface area contributed by atoms with E-state index in [0.29, 0.717) is 18.4 Å². The van der Waals surface area contributed by atoms with Gasteiger partial charge in [-0.2, -0.15) is 13.2 Å². The number of nitrogens with one attached hydrogen (secondary N) is 1. The van der Waals surface area contributed by atoms with Gasteiger partial charge in [0.05, 0.1) is 15.2 Å². The highest BCUT2D eigenvalue weighted by atomic mass is 32.2. The van der Waals surface area contributed by atoms with Gasteiger partial charge in [0.25, 0.3) is 11.6 Å². The summed E-state index contributed by atoms with van der Waals surface area (Å²) in [5.41, 5.74) is 17.7. The molecule has 51 heavy (non-hydrogen) atoms. The molecule has 0 aromatic heterocycles. The normalized spacial score (nSPS) is 14.1. The Morgan fingerprint density at radius 2 is 1.27 bits per heavy atom. The number of ketones is 2. The monoisotopic (exact) mass is 720 g/mol. The molecule has 0 saturated heterocycles. The number of nitrogens with zero attached hydrogens (tertiary/aromatic N) is 3. The Morgan fingerprint density at radius 1 is 0.725 bits per heavy atom. The second-order valence-corrected chi connectivity index (χ2v) is 14.6. The Balaban J connectivity index is 1.32. The molecule has 2 aliphatic rings. The predicted octanol–water partition coefficient (Wildman–Crippen LogP) is 5.90. The van der Waals surface area contributed by atoms with E-state index in [4.69, 9.17) is 15.2 Å². The van der Waals surface area contributed by atoms with Gasteiger partial charge < -0.3 is 14.3 Å². The molecule has 12 nitrogen and oxygen atoms in total. The van der Waals surface area contributed by atoms with Gasteiger partial charge >= 0.3 is 21.5 Å². The fourth-order valence-electron chi connectivity index (χ4n) is 6.71. The first-order chi connectivity index (χ1) is 24.3. The van der Waals surface area contributed by atoms with Crippen LogP contribution >= 0.6 is 0 Å². The van der Waals surface area contributed by atoms with Crippen molar-refractivity contribution in [1.82, 2.24) is 0 Å². The van der Waals surface area contributed by atoms with Crippen LogP contribution < -0.4 is 4.18 Å². The fourth-order valence-corrected chi connectivity index (χ4v) is 8.76. The van der Waals surface area contributed by atoms with Crippen LogP contribution in [0.1, 0.15) is 69.7 Å². The molecule has 14 heteroatoms. The van der Waals surface area contributed by atoms with Gasteiger partial charge in [0.1, 0.15) is 20.8 Å². The number of carbonyl (C=O) groups is 2. The van der Waals surface area contributed by atoms with Gasteiger partial charge in [-0.05, 0) is 71.5 Å². The minimum absolute atomic E-state index is 0.0519. The molecule has 0 fully saturated rings. The summed E-state index contributed by atoms with van der Waals surface area (Å²) in [6, 6.07) is 20.7. The van der Waals surface area contributed by atoms with Crippen molar-refractivity contribution in [1.29, 1.82) is 5.53 Å². The van der Waals surface area contributed by atoms with E-state index in [0.717, 1.165) is 17.2 Å². The van der Waals surface area contributed by atoms with Crippen LogP contribution in [0.25, 0.3) is 28.8 Å². The minimum Gasteiger partial charge on any atom is -0.744 e. The molecule has 6 rings (SSSR count). The van der Waals surface area contributed by atoms with Crippen molar-refractivity contribution in [2.45, 2.75) is 41.9 Å². The van der Waals surface area contributed by atoms with Crippen LogP contribution in [0.4, 0.5) is 0 Å². The molecule has 256 valence electrons. The molecule has 4 aromatic rings. The highest BCUT2D eigenvalue weighted by molar-refractivity contribution is 7.87. The Bertz CT molecular complexity index is 2540. The van der Waals surface area contributed by atoms with Gasteiger partial charge in [0, 0.05) is 39.8 Å². The number of rotatable bonds is 9. The number of hydrogen-bond donors (Lipinski definition) is 1. The summed E-state index contributed by atoms with van der Waals surface area (Å²) in [6.07, 6.45) is 6.40. The molecule has 2 aliphatic carbocycles. The summed E-state index contributed by atoms with van der Waals surface area (Å²) < 4.78 is 69.7. The number of Topliss-reactive ketones (excluding diaryl/α,β-unsaturated/α-hetero) is 2. The Hall–Kier alpha value is -5.88. The Labute approximate surface area is 293 Å². The second kappa shape index (κ2) is 13.1. The van der Waals surface area contributed by atoms with Gasteiger partial charge in [-0.25, -0.2) is 8.42 Å². The zero-order chi connectivity index (χ0) is 36.7. The van der Waals surface area contributed by atoms with Crippen LogP contribution in [0.5, 0.6) is 5.75 Å². The third kappa shape index (κ3) is 6.01. The van der Waals surface area contributed by atoms with Gasteiger partial charge in [0.2, 0.25) is 0 Å². The van der Waals surface area contributed by atoms with Crippen molar-refractivity contribution in [2.24, 2.45) is 0 Å². The zero-order valence-electron chi connectivity index (χ0n) is 27.2. The number of fused-ring (bicyclic) bond motifs is 2. The lowest BCUT2D eigenvalue weighted by atomic mass is 9.70. The molecule has 0 bridgehead atoms. The van der Waals surface area contributed by atoms with Crippen LogP contribution in [-0.4, -0.2) is 54.0 Å². The smallest absolute Gasteiger partial charge is 0.412 e. The molecule has 1 N–H and O–H groups in total. The largest absolute Gasteiger partial charge is 0.744 e. The first-order valence-corrected chi connectivity index (χ1v) is 18.4. The summed E-state index contributed by atoms with van der Waals surface area (Å²) in [4.78, 5) is 30.7. The molecule has 0 heterocycles. The average molecular weight is 721 g/mol. The third-order valence-electron chi connectivity index (χ3n) is 9.35. The summed E-state index contributed by atoms with van der Waals surface area (Å²) >= 11 is 0. The van der Waals surface area contributed by atoms with E-state index in [1.54, 1.807) is 36.4 Å². The van der Waals surface area contributed by atoms with Crippen LogP contribution in [0.15, 0.2) is 101 Å². The molecule has 4 aromatic carbocycles. The number of allylic oxidation sites excluding steroid dienone is 2. The maximum absolute atomic E-state index is 13.4. The van der Waals surface area contributed by atoms with Gasteiger partial charge in [0.15, 0.2) is 0 Å². The van der Waals surface area contributed by atoms with Crippen molar-refractivity contribution < 1.29 is 44.7 Å². The molecule has 0 atom stereocenters. The highest BCUT2D eigenvalue weighted by Gasteiger charge is 2.34. The lowest BCUT2D eigenvalue weighted by Crippen LogP contribution is -2.26. The van der Waals surface area contributed by atoms with Crippen LogP contribution in [-0.2, 0) is 25.7 Å². The molecule has 0 radical (unpaired) electrons.